The molecule has 0 aliphatic carbocycles. The number of benzene rings is 1. The minimum absolute atomic E-state index is 0.528. The molecule has 118 valence electrons. The zero-order valence-electron chi connectivity index (χ0n) is 13.9. The molecule has 0 N–H and O–H groups in total. The van der Waals surface area contributed by atoms with Gasteiger partial charge in [-0.15, -0.1) is 0 Å². The largest absolute Gasteiger partial charge is 0.308 e. The molecular formula is C19H27N3. The van der Waals surface area contributed by atoms with Crippen LogP contribution in [0.4, 0.5) is 0 Å². The topological polar surface area (TPSA) is 19.4 Å². The van der Waals surface area contributed by atoms with E-state index >= 15 is 0 Å². The molecule has 0 aliphatic rings. The maximum absolute atomic E-state index is 4.23. The Morgan fingerprint density at radius 3 is 2.41 bits per heavy atom. The fraction of sp³-hybridized carbons (Fsp3) is 0.421. The lowest BCUT2D eigenvalue weighted by atomic mass is 10.0. The summed E-state index contributed by atoms with van der Waals surface area (Å²) in [4.78, 5) is 9.00. The van der Waals surface area contributed by atoms with E-state index < -0.39 is 0 Å². The summed E-state index contributed by atoms with van der Waals surface area (Å²) in [6.45, 7) is 6.47. The molecule has 0 fully saturated rings. The molecule has 2 aromatic rings. The Bertz CT molecular complexity index is 525. The van der Waals surface area contributed by atoms with Crippen molar-refractivity contribution in [2.45, 2.75) is 19.4 Å². The van der Waals surface area contributed by atoms with Gasteiger partial charge in [0.15, 0.2) is 0 Å². The Hall–Kier alpha value is -1.71. The van der Waals surface area contributed by atoms with E-state index in [0.717, 1.165) is 26.2 Å². The lowest BCUT2D eigenvalue weighted by Crippen LogP contribution is -2.34. The number of rotatable bonds is 8. The van der Waals surface area contributed by atoms with Crippen molar-refractivity contribution in [2.75, 3.05) is 33.7 Å². The average Bonchev–Trinajstić information content (AvgIpc) is 2.54. The highest BCUT2D eigenvalue weighted by Gasteiger charge is 2.13. The highest BCUT2D eigenvalue weighted by Crippen LogP contribution is 2.17. The highest BCUT2D eigenvalue weighted by molar-refractivity contribution is 5.19. The van der Waals surface area contributed by atoms with E-state index in [4.69, 9.17) is 0 Å². The SMILES string of the molecule is CC(CN(CCN(C)C)Cc1cccnc1)c1ccccc1. The molecule has 0 amide bonds. The quantitative estimate of drug-likeness (QED) is 0.745. The Balaban J connectivity index is 2.00. The highest BCUT2D eigenvalue weighted by atomic mass is 15.2. The third-order valence-corrected chi connectivity index (χ3v) is 3.89. The van der Waals surface area contributed by atoms with E-state index in [1.807, 2.05) is 18.5 Å². The molecule has 1 heterocycles. The molecule has 1 aromatic carbocycles. The number of nitrogens with zero attached hydrogens (tertiary/aromatic N) is 3. The maximum Gasteiger partial charge on any atom is 0.0312 e. The van der Waals surface area contributed by atoms with Gasteiger partial charge < -0.3 is 4.90 Å². The van der Waals surface area contributed by atoms with Gasteiger partial charge in [-0.25, -0.2) is 0 Å². The van der Waals surface area contributed by atoms with Gasteiger partial charge >= 0.3 is 0 Å². The molecule has 0 bridgehead atoms. The van der Waals surface area contributed by atoms with E-state index in [0.29, 0.717) is 5.92 Å². The first-order chi connectivity index (χ1) is 10.6. The van der Waals surface area contributed by atoms with Crippen LogP contribution in [-0.2, 0) is 6.54 Å². The van der Waals surface area contributed by atoms with Crippen molar-refractivity contribution in [1.29, 1.82) is 0 Å². The van der Waals surface area contributed by atoms with Crippen LogP contribution in [0.1, 0.15) is 24.0 Å². The van der Waals surface area contributed by atoms with Crippen LogP contribution < -0.4 is 0 Å². The summed E-state index contributed by atoms with van der Waals surface area (Å²) in [7, 11) is 4.26. The molecule has 0 aliphatic heterocycles. The molecular weight excluding hydrogens is 270 g/mol. The van der Waals surface area contributed by atoms with Gasteiger partial charge in [-0.3, -0.25) is 9.88 Å². The fourth-order valence-corrected chi connectivity index (χ4v) is 2.60. The van der Waals surface area contributed by atoms with Crippen LogP contribution in [0, 0.1) is 0 Å². The number of likely N-dealkylation sites (N-methyl/N-ethyl adjacent to an activating group) is 1. The molecule has 2 rings (SSSR count). The maximum atomic E-state index is 4.23. The van der Waals surface area contributed by atoms with Crippen molar-refractivity contribution in [3.05, 3.63) is 66.0 Å². The Morgan fingerprint density at radius 2 is 1.77 bits per heavy atom. The monoisotopic (exact) mass is 297 g/mol. The lowest BCUT2D eigenvalue weighted by molar-refractivity contribution is 0.224. The van der Waals surface area contributed by atoms with Crippen LogP contribution in [0.3, 0.4) is 0 Å². The van der Waals surface area contributed by atoms with Gasteiger partial charge in [0.1, 0.15) is 0 Å². The molecule has 0 spiro atoms. The second-order valence-electron chi connectivity index (χ2n) is 6.21. The minimum atomic E-state index is 0.528. The molecule has 3 nitrogen and oxygen atoms in total. The first-order valence-electron chi connectivity index (χ1n) is 7.96. The second-order valence-corrected chi connectivity index (χ2v) is 6.21. The Kier molecular flexibility index (Phi) is 6.56. The summed E-state index contributed by atoms with van der Waals surface area (Å²) in [6, 6.07) is 14.9. The van der Waals surface area contributed by atoms with Crippen LogP contribution in [0.2, 0.25) is 0 Å². The van der Waals surface area contributed by atoms with E-state index in [9.17, 15) is 0 Å². The van der Waals surface area contributed by atoms with Gasteiger partial charge in [0.05, 0.1) is 0 Å². The van der Waals surface area contributed by atoms with Gasteiger partial charge in [-0.2, -0.15) is 0 Å². The number of hydrogen-bond donors (Lipinski definition) is 0. The first kappa shape index (κ1) is 16.7. The third-order valence-electron chi connectivity index (χ3n) is 3.89. The summed E-state index contributed by atoms with van der Waals surface area (Å²) in [5.74, 6) is 0.528. The smallest absolute Gasteiger partial charge is 0.0312 e. The van der Waals surface area contributed by atoms with Gasteiger partial charge in [0.2, 0.25) is 0 Å². The zero-order valence-corrected chi connectivity index (χ0v) is 13.9. The van der Waals surface area contributed by atoms with Gasteiger partial charge in [0, 0.05) is 38.6 Å². The summed E-state index contributed by atoms with van der Waals surface area (Å²) < 4.78 is 0. The molecule has 0 saturated carbocycles. The summed E-state index contributed by atoms with van der Waals surface area (Å²) in [5.41, 5.74) is 2.69. The third kappa shape index (κ3) is 5.58. The molecule has 1 aromatic heterocycles. The van der Waals surface area contributed by atoms with E-state index in [1.165, 1.54) is 11.1 Å². The molecule has 0 radical (unpaired) electrons. The standard InChI is InChI=1S/C19H27N3/c1-17(19-9-5-4-6-10-19)15-22(13-12-21(2)3)16-18-8-7-11-20-14-18/h4-11,14,17H,12-13,15-16H2,1-3H3. The number of aromatic nitrogens is 1. The Morgan fingerprint density at radius 1 is 1.00 bits per heavy atom. The van der Waals surface area contributed by atoms with Crippen LogP contribution in [0.15, 0.2) is 54.9 Å². The van der Waals surface area contributed by atoms with Crippen molar-refractivity contribution in [3.63, 3.8) is 0 Å². The predicted octanol–water partition coefficient (Wildman–Crippen LogP) is 3.25. The van der Waals surface area contributed by atoms with Crippen LogP contribution in [-0.4, -0.2) is 48.5 Å². The van der Waals surface area contributed by atoms with E-state index in [2.05, 4.69) is 72.2 Å². The van der Waals surface area contributed by atoms with Crippen molar-refractivity contribution < 1.29 is 0 Å². The van der Waals surface area contributed by atoms with E-state index in [-0.39, 0.29) is 0 Å². The van der Waals surface area contributed by atoms with Crippen LogP contribution >= 0.6 is 0 Å². The molecule has 1 unspecified atom stereocenters. The molecule has 22 heavy (non-hydrogen) atoms. The lowest BCUT2D eigenvalue weighted by Gasteiger charge is -2.27. The van der Waals surface area contributed by atoms with Gasteiger partial charge in [-0.05, 0) is 37.2 Å². The number of pyridine rings is 1. The van der Waals surface area contributed by atoms with Crippen molar-refractivity contribution in [2.24, 2.45) is 0 Å². The Labute approximate surface area is 134 Å². The zero-order chi connectivity index (χ0) is 15.8. The predicted molar refractivity (Wildman–Crippen MR) is 92.9 cm³/mol. The minimum Gasteiger partial charge on any atom is -0.308 e. The molecule has 0 saturated heterocycles. The average molecular weight is 297 g/mol. The summed E-state index contributed by atoms with van der Waals surface area (Å²) >= 11 is 0. The molecule has 1 atom stereocenters. The number of hydrogen-bond acceptors (Lipinski definition) is 3. The van der Waals surface area contributed by atoms with E-state index in [1.54, 1.807) is 0 Å². The van der Waals surface area contributed by atoms with Crippen molar-refractivity contribution >= 4 is 0 Å². The second kappa shape index (κ2) is 8.66. The molecule has 3 heteroatoms. The summed E-state index contributed by atoms with van der Waals surface area (Å²) in [6.07, 6.45) is 3.80. The van der Waals surface area contributed by atoms with Gasteiger partial charge in [0.25, 0.3) is 0 Å². The van der Waals surface area contributed by atoms with Crippen molar-refractivity contribution in [1.82, 2.24) is 14.8 Å². The van der Waals surface area contributed by atoms with Crippen LogP contribution in [0.5, 0.6) is 0 Å². The van der Waals surface area contributed by atoms with Crippen molar-refractivity contribution in [3.8, 4) is 0 Å². The van der Waals surface area contributed by atoms with Gasteiger partial charge in [-0.1, -0.05) is 43.3 Å². The first-order valence-corrected chi connectivity index (χ1v) is 7.96. The normalized spacial score (nSPS) is 12.8. The van der Waals surface area contributed by atoms with Crippen LogP contribution in [0.25, 0.3) is 0 Å². The summed E-state index contributed by atoms with van der Waals surface area (Å²) in [5, 5.41) is 0. The fourth-order valence-electron chi connectivity index (χ4n) is 2.60.